The van der Waals surface area contributed by atoms with Crippen molar-refractivity contribution in [2.45, 2.75) is 283 Å². The first-order chi connectivity index (χ1) is 43.2. The number of carbonyl (C=O) groups excluding carboxylic acids is 3. The normalized spacial score (nSPS) is 14.9. The average Bonchev–Trinajstić information content (AvgIpc) is 3.53. The molecule has 0 spiro atoms. The summed E-state index contributed by atoms with van der Waals surface area (Å²) in [6.07, 6.45) is 71.5. The largest absolute Gasteiger partial charge is 0.472 e. The lowest BCUT2D eigenvalue weighted by molar-refractivity contribution is -0.161. The van der Waals surface area contributed by atoms with Gasteiger partial charge in [-0.1, -0.05) is 233 Å². The Morgan fingerprint density at radius 1 is 0.326 bits per heavy atom. The average molecular weight is 1290 g/mol. The second-order valence-corrected chi connectivity index (χ2v) is 25.5. The number of ether oxygens (including phenoxy) is 3. The molecule has 0 saturated heterocycles. The minimum Gasteiger partial charge on any atom is -0.463 e. The molecule has 0 aromatic rings. The van der Waals surface area contributed by atoms with Gasteiger partial charge in [0, 0.05) is 19.3 Å². The summed E-state index contributed by atoms with van der Waals surface area (Å²) in [5.74, 6) is -1.61. The molecule has 0 aliphatic carbocycles. The predicted molar refractivity (Wildman–Crippen MR) is 362 cm³/mol. The first-order valence-corrected chi connectivity index (χ1v) is 37.2. The maximum Gasteiger partial charge on any atom is 0.472 e. The van der Waals surface area contributed by atoms with Crippen molar-refractivity contribution in [3.05, 3.63) is 109 Å². The van der Waals surface area contributed by atoms with E-state index in [1.54, 1.807) is 0 Å². The Hall–Kier alpha value is -3.79. The molecule has 0 amide bonds. The maximum absolute atomic E-state index is 12.9. The highest BCUT2D eigenvalue weighted by Gasteiger charge is 2.29. The number of hydrogen-bond acceptors (Lipinski definition) is 14. The molecule has 4 N–H and O–H groups in total. The van der Waals surface area contributed by atoms with Crippen LogP contribution >= 0.6 is 15.6 Å². The van der Waals surface area contributed by atoms with Crippen molar-refractivity contribution >= 4 is 33.6 Å². The fraction of sp³-hybridized carbons (Fsp3) is 0.704. The molecule has 5 atom stereocenters. The molecule has 89 heavy (non-hydrogen) atoms. The van der Waals surface area contributed by atoms with Gasteiger partial charge in [-0.15, -0.1) is 0 Å². The van der Waals surface area contributed by atoms with Crippen molar-refractivity contribution in [1.82, 2.24) is 0 Å². The van der Waals surface area contributed by atoms with E-state index in [-0.39, 0.29) is 19.3 Å². The van der Waals surface area contributed by atoms with Gasteiger partial charge in [0.15, 0.2) is 6.10 Å². The highest BCUT2D eigenvalue weighted by Crippen LogP contribution is 2.45. The molecular weight excluding hydrogens is 1170 g/mol. The highest BCUT2D eigenvalue weighted by molar-refractivity contribution is 7.47. The van der Waals surface area contributed by atoms with E-state index < -0.39 is 91.5 Å². The maximum atomic E-state index is 12.9. The number of hydrogen-bond donors (Lipinski definition) is 4. The second-order valence-electron chi connectivity index (χ2n) is 22.6. The molecule has 0 saturated carbocycles. The smallest absolute Gasteiger partial charge is 0.463 e. The number of allylic oxidation sites excluding steroid dienone is 18. The van der Waals surface area contributed by atoms with Crippen molar-refractivity contribution in [2.24, 2.45) is 0 Å². The third-order valence-electron chi connectivity index (χ3n) is 14.0. The fourth-order valence-corrected chi connectivity index (χ4v) is 10.3. The Morgan fingerprint density at radius 3 is 0.989 bits per heavy atom. The van der Waals surface area contributed by atoms with Crippen LogP contribution < -0.4 is 0 Å². The number of aliphatic hydroxyl groups excluding tert-OH is 2. The molecule has 0 aromatic heterocycles. The van der Waals surface area contributed by atoms with Crippen LogP contribution in [-0.2, 0) is 55.8 Å². The Morgan fingerprint density at radius 2 is 0.607 bits per heavy atom. The van der Waals surface area contributed by atoms with Gasteiger partial charge in [0.2, 0.25) is 0 Å². The van der Waals surface area contributed by atoms with Crippen LogP contribution in [0.5, 0.6) is 0 Å². The number of esters is 3. The first-order valence-electron chi connectivity index (χ1n) is 34.2. The number of carbonyl (C=O) groups is 3. The minimum absolute atomic E-state index is 0.0886. The number of unbranched alkanes of at least 4 members (excludes halogenated alkanes) is 23. The van der Waals surface area contributed by atoms with Crippen molar-refractivity contribution in [3.8, 4) is 0 Å². The van der Waals surface area contributed by atoms with Gasteiger partial charge in [-0.25, -0.2) is 9.13 Å². The van der Waals surface area contributed by atoms with Crippen molar-refractivity contribution in [2.75, 3.05) is 39.6 Å². The summed E-state index contributed by atoms with van der Waals surface area (Å²) in [6, 6.07) is 0. The van der Waals surface area contributed by atoms with Crippen molar-refractivity contribution < 1.29 is 75.8 Å². The van der Waals surface area contributed by atoms with E-state index >= 15 is 0 Å². The first kappa shape index (κ1) is 85.2. The van der Waals surface area contributed by atoms with Gasteiger partial charge in [0.25, 0.3) is 0 Å². The van der Waals surface area contributed by atoms with Gasteiger partial charge in [-0.05, 0) is 122 Å². The SMILES string of the molecule is CC/C=C\C/C=C\C/C=C\C/C=C\CCCCCCCCC(=O)OCC(COP(=O)(O)OCC(O)COP(=O)(O)OCC(O)COC(=O)CCCCCCCCC/C=C\C/C=C\C/C=C\C/C=C\CCCCC)OC(=O)CCCCCCC/C=C\CCCC. The van der Waals surface area contributed by atoms with Crippen molar-refractivity contribution in [1.29, 1.82) is 0 Å². The van der Waals surface area contributed by atoms with Crippen LogP contribution in [0.25, 0.3) is 0 Å². The van der Waals surface area contributed by atoms with Crippen LogP contribution in [0.4, 0.5) is 0 Å². The fourth-order valence-electron chi connectivity index (χ4n) is 8.70. The third-order valence-corrected chi connectivity index (χ3v) is 15.9. The monoisotopic (exact) mass is 1290 g/mol. The lowest BCUT2D eigenvalue weighted by atomic mass is 10.1. The summed E-state index contributed by atoms with van der Waals surface area (Å²) in [4.78, 5) is 58.3. The van der Waals surface area contributed by atoms with Gasteiger partial charge in [-0.3, -0.25) is 32.5 Å². The van der Waals surface area contributed by atoms with E-state index in [2.05, 4.69) is 130 Å². The van der Waals surface area contributed by atoms with Crippen molar-refractivity contribution in [3.63, 3.8) is 0 Å². The molecular formula is C71H122O16P2. The number of phosphoric acid groups is 2. The van der Waals surface area contributed by atoms with E-state index in [9.17, 15) is 43.5 Å². The molecule has 5 unspecified atom stereocenters. The molecule has 0 aliphatic heterocycles. The minimum atomic E-state index is -4.93. The van der Waals surface area contributed by atoms with E-state index in [0.717, 1.165) is 167 Å². The molecule has 512 valence electrons. The van der Waals surface area contributed by atoms with Gasteiger partial charge < -0.3 is 34.2 Å². The molecule has 0 heterocycles. The summed E-state index contributed by atoms with van der Waals surface area (Å²) in [5, 5.41) is 20.5. The van der Waals surface area contributed by atoms with Crippen LogP contribution in [0.15, 0.2) is 109 Å². The zero-order chi connectivity index (χ0) is 65.3. The molecule has 0 bridgehead atoms. The topological polar surface area (TPSA) is 231 Å². The number of aliphatic hydroxyl groups is 2. The van der Waals surface area contributed by atoms with Crippen LogP contribution in [0.1, 0.15) is 265 Å². The molecule has 0 aromatic carbocycles. The van der Waals surface area contributed by atoms with Gasteiger partial charge >= 0.3 is 33.6 Å². The Balaban J connectivity index is 4.58. The number of rotatable bonds is 64. The van der Waals surface area contributed by atoms with Gasteiger partial charge in [0.1, 0.15) is 25.4 Å². The summed E-state index contributed by atoms with van der Waals surface area (Å²) in [5.41, 5.74) is 0. The van der Waals surface area contributed by atoms with E-state index in [4.69, 9.17) is 32.3 Å². The zero-order valence-corrected chi connectivity index (χ0v) is 57.1. The quantitative estimate of drug-likeness (QED) is 0.0146. The molecule has 16 nitrogen and oxygen atoms in total. The zero-order valence-electron chi connectivity index (χ0n) is 55.3. The molecule has 18 heteroatoms. The highest BCUT2D eigenvalue weighted by atomic mass is 31.2. The standard InChI is InChI=1S/C71H122O16P2/c1-4-7-10-13-16-19-22-24-26-28-30-31-32-33-35-37-38-40-43-45-48-51-54-57-69(74)81-60-66(72)61-83-88(77,78)84-62-67(73)63-85-89(79,80)86-65-68(87-71(76)59-56-53-50-47-42-21-18-15-12-9-6-3)64-82-70(75)58-55-52-49-46-44-41-39-36-34-29-27-25-23-20-17-14-11-8-5-2/h8,11,15-20,24-27,30-31,33-36,66-68,72-73H,4-7,9-10,12-14,21-23,28-29,32,37-65H2,1-3H3,(H,77,78)(H,79,80)/b11-8-,18-15-,19-16-,20-17-,26-24-,27-25-,31-30-,35-33-,36-34-. The van der Waals surface area contributed by atoms with Crippen LogP contribution in [0, 0.1) is 0 Å². The van der Waals surface area contributed by atoms with Crippen LogP contribution in [-0.4, -0.2) is 95.9 Å². The lowest BCUT2D eigenvalue weighted by Crippen LogP contribution is -2.30. The predicted octanol–water partition coefficient (Wildman–Crippen LogP) is 18.9. The van der Waals surface area contributed by atoms with Gasteiger partial charge in [-0.2, -0.15) is 0 Å². The summed E-state index contributed by atoms with van der Waals surface area (Å²) < 4.78 is 60.8. The van der Waals surface area contributed by atoms with Crippen LogP contribution in [0.3, 0.4) is 0 Å². The van der Waals surface area contributed by atoms with Crippen LogP contribution in [0.2, 0.25) is 0 Å². The van der Waals surface area contributed by atoms with Gasteiger partial charge in [0.05, 0.1) is 26.4 Å². The molecule has 0 rings (SSSR count). The summed E-state index contributed by atoms with van der Waals surface area (Å²) in [6.45, 7) is 2.44. The van der Waals surface area contributed by atoms with E-state index in [0.29, 0.717) is 19.3 Å². The third kappa shape index (κ3) is 65.5. The molecule has 0 fully saturated rings. The Bertz CT molecular complexity index is 2060. The number of phosphoric ester groups is 2. The Labute approximate surface area is 539 Å². The second kappa shape index (κ2) is 64.3. The lowest BCUT2D eigenvalue weighted by Gasteiger charge is -2.21. The summed E-state index contributed by atoms with van der Waals surface area (Å²) >= 11 is 0. The molecule has 0 radical (unpaired) electrons. The van der Waals surface area contributed by atoms with E-state index in [1.807, 2.05) is 0 Å². The summed E-state index contributed by atoms with van der Waals surface area (Å²) in [7, 11) is -9.78. The molecule has 0 aliphatic rings. The Kier molecular flexibility index (Phi) is 61.6. The van der Waals surface area contributed by atoms with E-state index in [1.165, 1.54) is 38.5 Å².